The Hall–Kier alpha value is -0.560. The highest BCUT2D eigenvalue weighted by Gasteiger charge is 2.38. The first-order chi connectivity index (χ1) is 10.5. The summed E-state index contributed by atoms with van der Waals surface area (Å²) < 4.78 is 9.28. The highest BCUT2D eigenvalue weighted by Crippen LogP contribution is 2.10. The van der Waals surface area contributed by atoms with Crippen molar-refractivity contribution in [3.63, 3.8) is 0 Å². The summed E-state index contributed by atoms with van der Waals surface area (Å²) in [5, 5.41) is 0. The zero-order valence-corrected chi connectivity index (χ0v) is 16.8. The quantitative estimate of drug-likeness (QED) is 0.201. The smallest absolute Gasteiger partial charge is 0.364 e. The third kappa shape index (κ3) is 7.25. The summed E-state index contributed by atoms with van der Waals surface area (Å²) >= 11 is 20.3. The number of nitrogens with zero attached hydrogens (tertiary/aromatic N) is 2. The van der Waals surface area contributed by atoms with Gasteiger partial charge in [0.25, 0.3) is 0 Å². The van der Waals surface area contributed by atoms with E-state index in [2.05, 4.69) is 5.53 Å². The molecule has 0 aliphatic rings. The summed E-state index contributed by atoms with van der Waals surface area (Å²) in [5.41, 5.74) is 2.97. The van der Waals surface area contributed by atoms with Crippen LogP contribution in [0.2, 0.25) is 0 Å². The number of carbonyl (C=O) groups is 2. The second-order valence-corrected chi connectivity index (χ2v) is 7.00. The third-order valence-electron chi connectivity index (χ3n) is 2.75. The minimum atomic E-state index is -0.493. The molecular formula is C12H21N3O4S4. The molecule has 2 atom stereocenters. The molecule has 132 valence electrons. The molecule has 7 nitrogen and oxygen atoms in total. The van der Waals surface area contributed by atoms with E-state index in [9.17, 15) is 9.59 Å². The second-order valence-electron chi connectivity index (χ2n) is 4.94. The monoisotopic (exact) mass is 399 g/mol. The van der Waals surface area contributed by atoms with Crippen LogP contribution in [-0.4, -0.2) is 70.2 Å². The zero-order valence-electron chi connectivity index (χ0n) is 13.5. The van der Waals surface area contributed by atoms with Gasteiger partial charge in [0.15, 0.2) is 0 Å². The van der Waals surface area contributed by atoms with E-state index in [-0.39, 0.29) is 44.1 Å². The average molecular weight is 400 g/mol. The maximum absolute atomic E-state index is 11.8. The van der Waals surface area contributed by atoms with Gasteiger partial charge >= 0.3 is 11.9 Å². The van der Waals surface area contributed by atoms with Gasteiger partial charge in [0.05, 0.1) is 36.0 Å². The van der Waals surface area contributed by atoms with Gasteiger partial charge in [-0.05, 0) is 19.4 Å². The standard InChI is InChI=1S/C12H21N3O4S4/c1-5-18-9(16)7-14(3,11(20)21)13-15(4,12(22)23)8-10(17)19-6-2/h13H,5-8H2,1-4H3. The number of rotatable bonds is 8. The predicted molar refractivity (Wildman–Crippen MR) is 98.4 cm³/mol. The molecule has 0 radical (unpaired) electrons. The van der Waals surface area contributed by atoms with E-state index in [0.717, 1.165) is 0 Å². The van der Waals surface area contributed by atoms with Crippen molar-refractivity contribution in [1.29, 1.82) is 0 Å². The van der Waals surface area contributed by atoms with Crippen LogP contribution in [0.1, 0.15) is 13.8 Å². The van der Waals surface area contributed by atoms with Crippen LogP contribution in [0.5, 0.6) is 0 Å². The number of carbonyl (C=O) groups excluding carboxylic acids is 2. The molecule has 11 heteroatoms. The van der Waals surface area contributed by atoms with Crippen LogP contribution >= 0.6 is 24.4 Å². The molecule has 0 saturated heterocycles. The summed E-state index contributed by atoms with van der Waals surface area (Å²) in [5.74, 6) is -0.986. The summed E-state index contributed by atoms with van der Waals surface area (Å²) in [4.78, 5) is 23.6. The minimum Gasteiger partial charge on any atom is -0.462 e. The molecule has 0 spiro atoms. The van der Waals surface area contributed by atoms with Crippen molar-refractivity contribution in [3.8, 4) is 0 Å². The number of likely N-dealkylation sites (N-methyl/N-ethyl adjacent to an activating group) is 2. The molecule has 0 amide bonds. The molecule has 0 rings (SSSR count). The van der Waals surface area contributed by atoms with Crippen molar-refractivity contribution in [3.05, 3.63) is 0 Å². The van der Waals surface area contributed by atoms with Crippen molar-refractivity contribution in [1.82, 2.24) is 5.53 Å². The van der Waals surface area contributed by atoms with Gasteiger partial charge in [-0.25, -0.2) is 9.59 Å². The van der Waals surface area contributed by atoms with Gasteiger partial charge in [0.1, 0.15) is 0 Å². The van der Waals surface area contributed by atoms with E-state index >= 15 is 0 Å². The molecule has 0 aromatic rings. The highest BCUT2D eigenvalue weighted by atomic mass is 32.1. The van der Waals surface area contributed by atoms with Crippen LogP contribution in [0.25, 0.3) is 0 Å². The Labute approximate surface area is 158 Å². The Balaban J connectivity index is 5.39. The van der Waals surface area contributed by atoms with Crippen molar-refractivity contribution in [2.75, 3.05) is 40.4 Å². The Kier molecular flexibility index (Phi) is 9.43. The van der Waals surface area contributed by atoms with Crippen LogP contribution in [-0.2, 0) is 44.3 Å². The number of hydrogen-bond donors (Lipinski definition) is 1. The van der Waals surface area contributed by atoms with E-state index in [1.54, 1.807) is 27.9 Å². The van der Waals surface area contributed by atoms with Gasteiger partial charge in [-0.1, -0.05) is 0 Å². The molecule has 0 aromatic heterocycles. The zero-order chi connectivity index (χ0) is 18.3. The molecule has 0 heterocycles. The average Bonchev–Trinajstić information content (AvgIpc) is 2.37. The van der Waals surface area contributed by atoms with Crippen LogP contribution in [0.15, 0.2) is 0 Å². The first kappa shape index (κ1) is 22.4. The molecule has 0 bridgehead atoms. The first-order valence-corrected chi connectivity index (χ1v) is 8.39. The first-order valence-electron chi connectivity index (χ1n) is 6.75. The van der Waals surface area contributed by atoms with Crippen LogP contribution in [0.3, 0.4) is 0 Å². The lowest BCUT2D eigenvalue weighted by Crippen LogP contribution is -2.74. The molecule has 1 N–H and O–H groups in total. The molecule has 0 fully saturated rings. The summed E-state index contributed by atoms with van der Waals surface area (Å²) in [7, 11) is 3.17. The fraction of sp³-hybridized carbons (Fsp3) is 0.667. The van der Waals surface area contributed by atoms with E-state index in [1.807, 2.05) is 0 Å². The Morgan fingerprint density at radius 3 is 1.43 bits per heavy atom. The normalized spacial score (nSPS) is 15.8. The SMILES string of the molecule is CCOC(=O)C[N+](C)(N[N+](C)(CC(=O)OCC)C(=S)[S-])C(=S)[S-]. The predicted octanol–water partition coefficient (Wildman–Crippen LogP) is 0.0890. The van der Waals surface area contributed by atoms with E-state index in [4.69, 9.17) is 59.2 Å². The van der Waals surface area contributed by atoms with E-state index in [1.165, 1.54) is 0 Å². The number of ether oxygens (including phenoxy) is 2. The molecule has 0 aromatic carbocycles. The van der Waals surface area contributed by atoms with Crippen molar-refractivity contribution in [2.45, 2.75) is 13.8 Å². The maximum atomic E-state index is 11.8. The van der Waals surface area contributed by atoms with Crippen molar-refractivity contribution < 1.29 is 28.2 Å². The maximum Gasteiger partial charge on any atom is 0.364 e. The van der Waals surface area contributed by atoms with Gasteiger partial charge in [-0.3, -0.25) is 0 Å². The number of nitrogens with one attached hydrogen (secondary N) is 1. The third-order valence-corrected chi connectivity index (χ3v) is 4.36. The fourth-order valence-electron chi connectivity index (χ4n) is 1.70. The number of thiocarbonyl (C=S) groups is 2. The Morgan fingerprint density at radius 1 is 0.913 bits per heavy atom. The van der Waals surface area contributed by atoms with Gasteiger partial charge in [0, 0.05) is 0 Å². The Morgan fingerprint density at radius 2 is 1.22 bits per heavy atom. The van der Waals surface area contributed by atoms with Crippen LogP contribution in [0, 0.1) is 0 Å². The number of hydrogen-bond acceptors (Lipinski definition) is 9. The van der Waals surface area contributed by atoms with Crippen molar-refractivity contribution in [2.24, 2.45) is 0 Å². The summed E-state index contributed by atoms with van der Waals surface area (Å²) in [6.45, 7) is 3.53. The lowest BCUT2D eigenvalue weighted by Gasteiger charge is -2.43. The van der Waals surface area contributed by atoms with Crippen molar-refractivity contribution >= 4 is 70.3 Å². The molecule has 23 heavy (non-hydrogen) atoms. The van der Waals surface area contributed by atoms with Gasteiger partial charge in [-0.2, -0.15) is 9.18 Å². The lowest BCUT2D eigenvalue weighted by atomic mass is 10.5. The number of quaternary nitrogens is 2. The molecule has 0 aliphatic carbocycles. The van der Waals surface area contributed by atoms with E-state index < -0.39 is 11.9 Å². The summed E-state index contributed by atoms with van der Waals surface area (Å²) in [6, 6.07) is 0. The number of esters is 2. The lowest BCUT2D eigenvalue weighted by molar-refractivity contribution is -1.06. The minimum absolute atomic E-state index is 0.0533. The molecule has 0 aliphatic heterocycles. The van der Waals surface area contributed by atoms with Gasteiger partial charge in [-0.15, -0.1) is 0 Å². The van der Waals surface area contributed by atoms with E-state index in [0.29, 0.717) is 0 Å². The molecular weight excluding hydrogens is 378 g/mol. The van der Waals surface area contributed by atoms with Crippen LogP contribution in [0.4, 0.5) is 0 Å². The highest BCUT2D eigenvalue weighted by molar-refractivity contribution is 8.00. The van der Waals surface area contributed by atoms with Crippen LogP contribution < -0.4 is 5.53 Å². The largest absolute Gasteiger partial charge is 0.462 e. The molecule has 0 saturated carbocycles. The fourth-order valence-corrected chi connectivity index (χ4v) is 2.12. The molecule has 2 unspecified atom stereocenters. The van der Waals surface area contributed by atoms with Gasteiger partial charge in [0.2, 0.25) is 13.1 Å². The second kappa shape index (κ2) is 9.67. The van der Waals surface area contributed by atoms with Gasteiger partial charge < -0.3 is 59.2 Å². The summed E-state index contributed by atoms with van der Waals surface area (Å²) in [6.07, 6.45) is 0. The topological polar surface area (TPSA) is 64.6 Å². The Bertz CT molecular complexity index is 449.